The molecule has 1 aromatic carbocycles. The Morgan fingerprint density at radius 3 is 2.48 bits per heavy atom. The van der Waals surface area contributed by atoms with Crippen LogP contribution in [0.2, 0.25) is 0 Å². The molecule has 0 bridgehead atoms. The number of sulfone groups is 1. The summed E-state index contributed by atoms with van der Waals surface area (Å²) in [7, 11) is -3.14. The molecule has 0 unspecified atom stereocenters. The van der Waals surface area contributed by atoms with Crippen molar-refractivity contribution in [3.05, 3.63) is 41.7 Å². The van der Waals surface area contributed by atoms with Crippen molar-refractivity contribution < 1.29 is 8.42 Å². The van der Waals surface area contributed by atoms with Crippen LogP contribution in [0.15, 0.2) is 35.4 Å². The molecule has 114 valence electrons. The summed E-state index contributed by atoms with van der Waals surface area (Å²) in [5.41, 5.74) is 2.00. The van der Waals surface area contributed by atoms with E-state index in [0.717, 1.165) is 30.2 Å². The quantitative estimate of drug-likeness (QED) is 0.890. The van der Waals surface area contributed by atoms with Crippen LogP contribution in [0.5, 0.6) is 0 Å². The van der Waals surface area contributed by atoms with Crippen molar-refractivity contribution in [2.45, 2.75) is 31.7 Å². The molecule has 6 heteroatoms. The number of hydrogen-bond acceptors (Lipinski definition) is 4. The van der Waals surface area contributed by atoms with Gasteiger partial charge in [-0.1, -0.05) is 19.1 Å². The third-order valence-electron chi connectivity index (χ3n) is 3.13. The van der Waals surface area contributed by atoms with Crippen molar-refractivity contribution in [1.29, 1.82) is 0 Å². The SMILES string of the molecule is CCCNc1nc(C)cn1Cc1ccc(S(C)(=O)=O)cc1. The van der Waals surface area contributed by atoms with Gasteiger partial charge in [0.1, 0.15) is 0 Å². The van der Waals surface area contributed by atoms with E-state index in [-0.39, 0.29) is 0 Å². The number of aryl methyl sites for hydroxylation is 1. The highest BCUT2D eigenvalue weighted by Crippen LogP contribution is 2.15. The van der Waals surface area contributed by atoms with Gasteiger partial charge >= 0.3 is 0 Å². The van der Waals surface area contributed by atoms with Crippen molar-refractivity contribution >= 4 is 15.8 Å². The predicted octanol–water partition coefficient (Wildman–Crippen LogP) is 2.47. The van der Waals surface area contributed by atoms with Crippen LogP contribution in [0.4, 0.5) is 5.95 Å². The third kappa shape index (κ3) is 4.07. The lowest BCUT2D eigenvalue weighted by atomic mass is 10.2. The number of anilines is 1. The Balaban J connectivity index is 2.18. The first kappa shape index (κ1) is 15.6. The molecule has 5 nitrogen and oxygen atoms in total. The van der Waals surface area contributed by atoms with Crippen LogP contribution in [0.3, 0.4) is 0 Å². The Hall–Kier alpha value is -1.82. The summed E-state index contributed by atoms with van der Waals surface area (Å²) >= 11 is 0. The molecule has 0 atom stereocenters. The van der Waals surface area contributed by atoms with Gasteiger partial charge in [0.15, 0.2) is 9.84 Å². The van der Waals surface area contributed by atoms with Gasteiger partial charge in [-0.05, 0) is 31.0 Å². The van der Waals surface area contributed by atoms with Gasteiger partial charge in [-0.2, -0.15) is 0 Å². The molecule has 1 aromatic heterocycles. The first-order valence-electron chi connectivity index (χ1n) is 6.97. The molecular formula is C15H21N3O2S. The maximum atomic E-state index is 11.5. The molecule has 1 heterocycles. The summed E-state index contributed by atoms with van der Waals surface area (Å²) in [4.78, 5) is 4.80. The van der Waals surface area contributed by atoms with Crippen LogP contribution in [0.25, 0.3) is 0 Å². The molecule has 0 aliphatic carbocycles. The normalized spacial score (nSPS) is 11.6. The molecule has 0 amide bonds. The zero-order valence-electron chi connectivity index (χ0n) is 12.6. The molecule has 2 aromatic rings. The molecular weight excluding hydrogens is 286 g/mol. The Morgan fingerprint density at radius 1 is 1.24 bits per heavy atom. The van der Waals surface area contributed by atoms with E-state index in [2.05, 4.69) is 17.2 Å². The highest BCUT2D eigenvalue weighted by molar-refractivity contribution is 7.90. The van der Waals surface area contributed by atoms with Gasteiger partial charge in [0.2, 0.25) is 5.95 Å². The Kier molecular flexibility index (Phi) is 4.67. The lowest BCUT2D eigenvalue weighted by molar-refractivity contribution is 0.602. The molecule has 0 saturated carbocycles. The molecule has 0 fully saturated rings. The van der Waals surface area contributed by atoms with E-state index in [4.69, 9.17) is 0 Å². The number of hydrogen-bond donors (Lipinski definition) is 1. The molecule has 0 saturated heterocycles. The van der Waals surface area contributed by atoms with E-state index in [1.165, 1.54) is 6.26 Å². The smallest absolute Gasteiger partial charge is 0.203 e. The van der Waals surface area contributed by atoms with Gasteiger partial charge in [-0.15, -0.1) is 0 Å². The summed E-state index contributed by atoms with van der Waals surface area (Å²) in [6.45, 7) is 5.61. The summed E-state index contributed by atoms with van der Waals surface area (Å²) in [5.74, 6) is 0.849. The minimum absolute atomic E-state index is 0.345. The second-order valence-electron chi connectivity index (χ2n) is 5.18. The van der Waals surface area contributed by atoms with Gasteiger partial charge in [-0.3, -0.25) is 0 Å². The summed E-state index contributed by atoms with van der Waals surface area (Å²) < 4.78 is 24.9. The maximum Gasteiger partial charge on any atom is 0.203 e. The van der Waals surface area contributed by atoms with E-state index >= 15 is 0 Å². The fraction of sp³-hybridized carbons (Fsp3) is 0.400. The monoisotopic (exact) mass is 307 g/mol. The second-order valence-corrected chi connectivity index (χ2v) is 7.19. The fourth-order valence-electron chi connectivity index (χ4n) is 2.08. The van der Waals surface area contributed by atoms with E-state index in [9.17, 15) is 8.42 Å². The van der Waals surface area contributed by atoms with Crippen LogP contribution in [-0.4, -0.2) is 30.8 Å². The highest BCUT2D eigenvalue weighted by atomic mass is 32.2. The molecule has 1 N–H and O–H groups in total. The Bertz CT molecular complexity index is 703. The van der Waals surface area contributed by atoms with Crippen molar-refractivity contribution in [2.24, 2.45) is 0 Å². The van der Waals surface area contributed by atoms with E-state index in [0.29, 0.717) is 11.4 Å². The van der Waals surface area contributed by atoms with Crippen LogP contribution in [-0.2, 0) is 16.4 Å². The fourth-order valence-corrected chi connectivity index (χ4v) is 2.71. The van der Waals surface area contributed by atoms with Crippen molar-refractivity contribution in [2.75, 3.05) is 18.1 Å². The van der Waals surface area contributed by atoms with Crippen LogP contribution in [0, 0.1) is 6.92 Å². The average molecular weight is 307 g/mol. The standard InChI is InChI=1S/C15H21N3O2S/c1-4-9-16-15-17-12(2)10-18(15)11-13-5-7-14(8-6-13)21(3,19)20/h5-8,10H,4,9,11H2,1-3H3,(H,16,17). The number of aromatic nitrogens is 2. The molecule has 0 aliphatic heterocycles. The average Bonchev–Trinajstić information content (AvgIpc) is 2.76. The molecule has 0 radical (unpaired) electrons. The summed E-state index contributed by atoms with van der Waals surface area (Å²) in [5, 5.41) is 3.30. The largest absolute Gasteiger partial charge is 0.356 e. The summed E-state index contributed by atoms with van der Waals surface area (Å²) in [6.07, 6.45) is 4.24. The Labute approximate surface area is 125 Å². The first-order chi connectivity index (χ1) is 9.90. The minimum Gasteiger partial charge on any atom is -0.356 e. The zero-order chi connectivity index (χ0) is 15.5. The summed E-state index contributed by atoms with van der Waals surface area (Å²) in [6, 6.07) is 6.98. The van der Waals surface area contributed by atoms with E-state index < -0.39 is 9.84 Å². The number of nitrogens with one attached hydrogen (secondary N) is 1. The van der Waals surface area contributed by atoms with Crippen LogP contribution < -0.4 is 5.32 Å². The third-order valence-corrected chi connectivity index (χ3v) is 4.26. The minimum atomic E-state index is -3.14. The highest BCUT2D eigenvalue weighted by Gasteiger charge is 2.08. The Morgan fingerprint density at radius 2 is 1.90 bits per heavy atom. The van der Waals surface area contributed by atoms with E-state index in [1.54, 1.807) is 12.1 Å². The number of rotatable bonds is 6. The molecule has 0 aliphatic rings. The predicted molar refractivity (Wildman–Crippen MR) is 84.4 cm³/mol. The lowest BCUT2D eigenvalue weighted by Crippen LogP contribution is -2.08. The second kappa shape index (κ2) is 6.30. The van der Waals surface area contributed by atoms with Crippen molar-refractivity contribution in [3.8, 4) is 0 Å². The maximum absolute atomic E-state index is 11.5. The van der Waals surface area contributed by atoms with Crippen molar-refractivity contribution in [1.82, 2.24) is 9.55 Å². The van der Waals surface area contributed by atoms with Gasteiger partial charge in [0.25, 0.3) is 0 Å². The molecule has 21 heavy (non-hydrogen) atoms. The first-order valence-corrected chi connectivity index (χ1v) is 8.86. The van der Waals surface area contributed by atoms with Crippen LogP contribution >= 0.6 is 0 Å². The van der Waals surface area contributed by atoms with Crippen molar-refractivity contribution in [3.63, 3.8) is 0 Å². The number of imidazole rings is 1. The van der Waals surface area contributed by atoms with Gasteiger partial charge in [-0.25, -0.2) is 13.4 Å². The van der Waals surface area contributed by atoms with E-state index in [1.807, 2.05) is 29.8 Å². The van der Waals surface area contributed by atoms with Gasteiger partial charge in [0, 0.05) is 19.0 Å². The van der Waals surface area contributed by atoms with Gasteiger partial charge in [0.05, 0.1) is 17.1 Å². The molecule has 2 rings (SSSR count). The topological polar surface area (TPSA) is 64.0 Å². The zero-order valence-corrected chi connectivity index (χ0v) is 13.4. The van der Waals surface area contributed by atoms with Gasteiger partial charge < -0.3 is 9.88 Å². The number of benzene rings is 1. The van der Waals surface area contributed by atoms with Crippen LogP contribution in [0.1, 0.15) is 24.6 Å². The number of nitrogens with zero attached hydrogens (tertiary/aromatic N) is 2. The lowest BCUT2D eigenvalue weighted by Gasteiger charge is -2.09. The molecule has 0 spiro atoms.